The fraction of sp³-hybridized carbons (Fsp3) is 0.296. The number of carbonyl (C=O) groups is 2. The minimum Gasteiger partial charge on any atom is -0.356 e. The highest BCUT2D eigenvalue weighted by molar-refractivity contribution is 6.08. The van der Waals surface area contributed by atoms with Crippen molar-refractivity contribution in [2.24, 2.45) is 5.41 Å². The Kier molecular flexibility index (Phi) is 5.67. The standard InChI is InChI=1S/C27H26FN3O2/c28-21-6-1-4-19(16-21)17-24(32)20-5-2-7-22(18-20)30-26(33)23-8-3-13-29-25(23)31-14-11-27(9-10-27)12-15-31/h1-8,13,16,18H,9-12,14-15,17H2,(H,30,33). The topological polar surface area (TPSA) is 62.3 Å². The van der Waals surface area contributed by atoms with Gasteiger partial charge in [0.25, 0.3) is 5.91 Å². The Morgan fingerprint density at radius 1 is 0.970 bits per heavy atom. The van der Waals surface area contributed by atoms with E-state index in [1.54, 1.807) is 54.7 Å². The summed E-state index contributed by atoms with van der Waals surface area (Å²) in [6, 6.07) is 16.4. The molecule has 0 unspecified atom stereocenters. The number of anilines is 2. The molecule has 1 N–H and O–H groups in total. The number of nitrogens with one attached hydrogen (secondary N) is 1. The van der Waals surface area contributed by atoms with E-state index in [1.165, 1.54) is 25.0 Å². The maximum absolute atomic E-state index is 13.4. The second kappa shape index (κ2) is 8.77. The molecule has 1 aromatic heterocycles. The van der Waals surface area contributed by atoms with Crippen LogP contribution < -0.4 is 10.2 Å². The number of aromatic nitrogens is 1. The predicted molar refractivity (Wildman–Crippen MR) is 126 cm³/mol. The van der Waals surface area contributed by atoms with E-state index in [4.69, 9.17) is 0 Å². The van der Waals surface area contributed by atoms with E-state index in [-0.39, 0.29) is 23.9 Å². The van der Waals surface area contributed by atoms with Crippen molar-refractivity contribution in [3.05, 3.63) is 89.4 Å². The van der Waals surface area contributed by atoms with Crippen LogP contribution in [0.25, 0.3) is 0 Å². The number of benzene rings is 2. The molecule has 1 spiro atoms. The number of hydrogen-bond donors (Lipinski definition) is 1. The minimum absolute atomic E-state index is 0.0956. The van der Waals surface area contributed by atoms with E-state index in [0.29, 0.717) is 33.6 Å². The summed E-state index contributed by atoms with van der Waals surface area (Å²) in [6.07, 6.45) is 6.77. The van der Waals surface area contributed by atoms with Gasteiger partial charge in [0.05, 0.1) is 5.56 Å². The molecule has 5 nitrogen and oxygen atoms in total. The molecule has 6 heteroatoms. The molecule has 5 rings (SSSR count). The van der Waals surface area contributed by atoms with Gasteiger partial charge in [-0.15, -0.1) is 0 Å². The Hall–Kier alpha value is -3.54. The number of amides is 1. The normalized spacial score (nSPS) is 16.5. The zero-order chi connectivity index (χ0) is 22.8. The molecule has 3 aromatic rings. The summed E-state index contributed by atoms with van der Waals surface area (Å²) in [5.74, 6) is -0.0425. The summed E-state index contributed by atoms with van der Waals surface area (Å²) in [5.41, 5.74) is 2.70. The van der Waals surface area contributed by atoms with Gasteiger partial charge in [-0.3, -0.25) is 9.59 Å². The summed E-state index contributed by atoms with van der Waals surface area (Å²) >= 11 is 0. The number of carbonyl (C=O) groups excluding carboxylic acids is 2. The van der Waals surface area contributed by atoms with Crippen LogP contribution in [-0.4, -0.2) is 29.8 Å². The van der Waals surface area contributed by atoms with Crippen molar-refractivity contribution in [3.8, 4) is 0 Å². The first-order valence-electron chi connectivity index (χ1n) is 11.4. The monoisotopic (exact) mass is 443 g/mol. The summed E-state index contributed by atoms with van der Waals surface area (Å²) in [6.45, 7) is 1.84. The number of rotatable bonds is 6. The quantitative estimate of drug-likeness (QED) is 0.527. The molecule has 1 aliphatic carbocycles. The van der Waals surface area contributed by atoms with Crippen molar-refractivity contribution in [2.75, 3.05) is 23.3 Å². The lowest BCUT2D eigenvalue weighted by Gasteiger charge is -2.33. The molecule has 168 valence electrons. The molecule has 1 saturated carbocycles. The first-order chi connectivity index (χ1) is 16.0. The van der Waals surface area contributed by atoms with Gasteiger partial charge in [-0.2, -0.15) is 0 Å². The fourth-order valence-corrected chi connectivity index (χ4v) is 4.60. The van der Waals surface area contributed by atoms with Crippen molar-refractivity contribution in [3.63, 3.8) is 0 Å². The maximum atomic E-state index is 13.4. The van der Waals surface area contributed by atoms with Gasteiger partial charge in [-0.1, -0.05) is 24.3 Å². The lowest BCUT2D eigenvalue weighted by molar-refractivity contribution is 0.0989. The van der Waals surface area contributed by atoms with E-state index in [2.05, 4.69) is 15.2 Å². The summed E-state index contributed by atoms with van der Waals surface area (Å²) in [4.78, 5) is 32.5. The van der Waals surface area contributed by atoms with E-state index in [1.807, 2.05) is 0 Å². The van der Waals surface area contributed by atoms with Crippen LogP contribution in [-0.2, 0) is 6.42 Å². The van der Waals surface area contributed by atoms with Crippen LogP contribution in [0, 0.1) is 11.2 Å². The van der Waals surface area contributed by atoms with Gasteiger partial charge >= 0.3 is 0 Å². The zero-order valence-electron chi connectivity index (χ0n) is 18.4. The van der Waals surface area contributed by atoms with Crippen LogP contribution in [0.3, 0.4) is 0 Å². The third-order valence-corrected chi connectivity index (χ3v) is 6.81. The number of hydrogen-bond acceptors (Lipinski definition) is 4. The van der Waals surface area contributed by atoms with E-state index in [0.717, 1.165) is 25.9 Å². The summed E-state index contributed by atoms with van der Waals surface area (Å²) in [7, 11) is 0. The molecule has 2 aromatic carbocycles. The molecule has 2 heterocycles. The molecule has 33 heavy (non-hydrogen) atoms. The van der Waals surface area contributed by atoms with Crippen LogP contribution in [0.4, 0.5) is 15.9 Å². The van der Waals surface area contributed by atoms with Crippen LogP contribution in [0.15, 0.2) is 66.9 Å². The number of ketones is 1. The highest BCUT2D eigenvalue weighted by Crippen LogP contribution is 2.53. The molecular weight excluding hydrogens is 417 g/mol. The molecule has 1 amide bonds. The second-order valence-electron chi connectivity index (χ2n) is 9.13. The first kappa shape index (κ1) is 21.3. The van der Waals surface area contributed by atoms with Crippen molar-refractivity contribution >= 4 is 23.2 Å². The van der Waals surface area contributed by atoms with Crippen LogP contribution >= 0.6 is 0 Å². The average molecular weight is 444 g/mol. The van der Waals surface area contributed by atoms with Crippen molar-refractivity contribution in [2.45, 2.75) is 32.1 Å². The Bertz CT molecular complexity index is 1200. The van der Waals surface area contributed by atoms with E-state index < -0.39 is 0 Å². The Morgan fingerprint density at radius 2 is 1.76 bits per heavy atom. The van der Waals surface area contributed by atoms with Crippen molar-refractivity contribution in [1.82, 2.24) is 4.98 Å². The third kappa shape index (κ3) is 4.80. The van der Waals surface area contributed by atoms with Gasteiger partial charge in [0.2, 0.25) is 0 Å². The molecule has 1 aliphatic heterocycles. The van der Waals surface area contributed by atoms with Gasteiger partial charge in [-0.05, 0) is 73.1 Å². The smallest absolute Gasteiger partial charge is 0.259 e. The zero-order valence-corrected chi connectivity index (χ0v) is 18.4. The number of nitrogens with zero attached hydrogens (tertiary/aromatic N) is 2. The molecular formula is C27H26FN3O2. The van der Waals surface area contributed by atoms with Crippen molar-refractivity contribution in [1.29, 1.82) is 0 Å². The average Bonchev–Trinajstić information content (AvgIpc) is 3.58. The highest BCUT2D eigenvalue weighted by atomic mass is 19.1. The number of halogens is 1. The third-order valence-electron chi connectivity index (χ3n) is 6.81. The summed E-state index contributed by atoms with van der Waals surface area (Å²) < 4.78 is 13.4. The van der Waals surface area contributed by atoms with Gasteiger partial charge in [0, 0.05) is 37.0 Å². The van der Waals surface area contributed by atoms with Gasteiger partial charge < -0.3 is 10.2 Å². The Morgan fingerprint density at radius 3 is 2.52 bits per heavy atom. The van der Waals surface area contributed by atoms with Gasteiger partial charge in [0.15, 0.2) is 5.78 Å². The largest absolute Gasteiger partial charge is 0.356 e. The molecule has 2 fully saturated rings. The molecule has 0 radical (unpaired) electrons. The Balaban J connectivity index is 1.29. The van der Waals surface area contributed by atoms with Crippen LogP contribution in [0.2, 0.25) is 0 Å². The predicted octanol–water partition coefficient (Wildman–Crippen LogP) is 5.28. The van der Waals surface area contributed by atoms with Crippen molar-refractivity contribution < 1.29 is 14.0 Å². The summed E-state index contributed by atoms with van der Waals surface area (Å²) in [5, 5.41) is 2.92. The fourth-order valence-electron chi connectivity index (χ4n) is 4.60. The lowest BCUT2D eigenvalue weighted by Crippen LogP contribution is -2.36. The molecule has 2 aliphatic rings. The molecule has 1 saturated heterocycles. The Labute approximate surface area is 192 Å². The number of piperidine rings is 1. The second-order valence-corrected chi connectivity index (χ2v) is 9.13. The van der Waals surface area contributed by atoms with Crippen LogP contribution in [0.5, 0.6) is 0 Å². The number of Topliss-reactive ketones (excluding diaryl/α,β-unsaturated/α-hetero) is 1. The highest BCUT2D eigenvalue weighted by Gasteiger charge is 2.44. The van der Waals surface area contributed by atoms with Gasteiger partial charge in [-0.25, -0.2) is 9.37 Å². The lowest BCUT2D eigenvalue weighted by atomic mass is 9.93. The molecule has 0 bridgehead atoms. The van der Waals surface area contributed by atoms with Crippen LogP contribution in [0.1, 0.15) is 52.0 Å². The maximum Gasteiger partial charge on any atom is 0.259 e. The molecule has 0 atom stereocenters. The number of pyridine rings is 1. The first-order valence-corrected chi connectivity index (χ1v) is 11.4. The minimum atomic E-state index is -0.366. The van der Waals surface area contributed by atoms with E-state index >= 15 is 0 Å². The van der Waals surface area contributed by atoms with Gasteiger partial charge in [0.1, 0.15) is 11.6 Å². The SMILES string of the molecule is O=C(Cc1cccc(F)c1)c1cccc(NC(=O)c2cccnc2N2CCC3(CC2)CC3)c1. The van der Waals surface area contributed by atoms with E-state index in [9.17, 15) is 14.0 Å².